The summed E-state index contributed by atoms with van der Waals surface area (Å²) in [6.45, 7) is 3.24. The van der Waals surface area contributed by atoms with Crippen LogP contribution in [0.25, 0.3) is 0 Å². The lowest BCUT2D eigenvalue weighted by Gasteiger charge is -2.25. The fourth-order valence-corrected chi connectivity index (χ4v) is 2.04. The predicted octanol–water partition coefficient (Wildman–Crippen LogP) is 1.81. The van der Waals surface area contributed by atoms with Crippen LogP contribution in [0.1, 0.15) is 30.6 Å². The van der Waals surface area contributed by atoms with Gasteiger partial charge in [0.15, 0.2) is 0 Å². The molecule has 5 N–H and O–H groups in total. The third kappa shape index (κ3) is 4.96. The number of carboxylic acids is 1. The van der Waals surface area contributed by atoms with Crippen LogP contribution < -0.4 is 16.4 Å². The Kier molecular flexibility index (Phi) is 5.15. The standard InChI is InChI=1S/C13H16ClN3O4/c1-13(2,6-9(15)18)17-12(21)16-8-5-3-4-7(14)10(8)11(19)20/h3-5H,6H2,1-2H3,(H2,15,18)(H,19,20)(H2,16,17,21). The maximum Gasteiger partial charge on any atom is 0.339 e. The first-order valence-electron chi connectivity index (χ1n) is 6.01. The molecule has 0 bridgehead atoms. The first-order chi connectivity index (χ1) is 9.62. The summed E-state index contributed by atoms with van der Waals surface area (Å²) in [6.07, 6.45) is -0.0538. The SMILES string of the molecule is CC(C)(CC(N)=O)NC(=O)Nc1cccc(Cl)c1C(=O)O. The Hall–Kier alpha value is -2.28. The van der Waals surface area contributed by atoms with Crippen molar-refractivity contribution in [1.82, 2.24) is 5.32 Å². The van der Waals surface area contributed by atoms with Gasteiger partial charge in [0, 0.05) is 12.0 Å². The van der Waals surface area contributed by atoms with Crippen molar-refractivity contribution in [1.29, 1.82) is 0 Å². The van der Waals surface area contributed by atoms with E-state index in [2.05, 4.69) is 10.6 Å². The van der Waals surface area contributed by atoms with Gasteiger partial charge in [0.25, 0.3) is 0 Å². The number of hydrogen-bond acceptors (Lipinski definition) is 3. The Balaban J connectivity index is 2.87. The second kappa shape index (κ2) is 6.45. The molecule has 8 heteroatoms. The zero-order valence-electron chi connectivity index (χ0n) is 11.6. The quantitative estimate of drug-likeness (QED) is 0.662. The molecule has 21 heavy (non-hydrogen) atoms. The van der Waals surface area contributed by atoms with E-state index in [-0.39, 0.29) is 22.7 Å². The van der Waals surface area contributed by atoms with Gasteiger partial charge in [0.05, 0.1) is 10.7 Å². The molecule has 0 radical (unpaired) electrons. The molecule has 0 atom stereocenters. The van der Waals surface area contributed by atoms with Gasteiger partial charge in [-0.05, 0) is 26.0 Å². The monoisotopic (exact) mass is 313 g/mol. The Bertz CT molecular complexity index is 587. The van der Waals surface area contributed by atoms with Crippen LogP contribution in [0.5, 0.6) is 0 Å². The van der Waals surface area contributed by atoms with Crippen LogP contribution in [-0.2, 0) is 4.79 Å². The number of carbonyl (C=O) groups excluding carboxylic acids is 2. The smallest absolute Gasteiger partial charge is 0.339 e. The fourth-order valence-electron chi connectivity index (χ4n) is 1.79. The van der Waals surface area contributed by atoms with Crippen molar-refractivity contribution in [2.24, 2.45) is 5.73 Å². The van der Waals surface area contributed by atoms with Crippen LogP contribution in [0.2, 0.25) is 5.02 Å². The predicted molar refractivity (Wildman–Crippen MR) is 78.5 cm³/mol. The van der Waals surface area contributed by atoms with Gasteiger partial charge in [-0.25, -0.2) is 9.59 Å². The van der Waals surface area contributed by atoms with E-state index in [0.29, 0.717) is 0 Å². The van der Waals surface area contributed by atoms with E-state index < -0.39 is 23.4 Å². The Labute approximate surface area is 126 Å². The summed E-state index contributed by atoms with van der Waals surface area (Å²) in [7, 11) is 0. The number of benzene rings is 1. The Morgan fingerprint density at radius 1 is 1.33 bits per heavy atom. The largest absolute Gasteiger partial charge is 0.478 e. The molecule has 0 aromatic heterocycles. The zero-order valence-corrected chi connectivity index (χ0v) is 12.3. The lowest BCUT2D eigenvalue weighted by Crippen LogP contribution is -2.47. The van der Waals surface area contributed by atoms with Gasteiger partial charge in [-0.3, -0.25) is 4.79 Å². The van der Waals surface area contributed by atoms with Gasteiger partial charge in [-0.1, -0.05) is 17.7 Å². The van der Waals surface area contributed by atoms with Crippen LogP contribution in [0.3, 0.4) is 0 Å². The first kappa shape index (κ1) is 16.8. The molecule has 3 amide bonds. The maximum atomic E-state index is 11.9. The van der Waals surface area contributed by atoms with Gasteiger partial charge >= 0.3 is 12.0 Å². The number of hydrogen-bond donors (Lipinski definition) is 4. The van der Waals surface area contributed by atoms with E-state index in [9.17, 15) is 14.4 Å². The molecule has 0 aliphatic rings. The van der Waals surface area contributed by atoms with Gasteiger partial charge < -0.3 is 21.5 Å². The molecule has 0 aliphatic carbocycles. The lowest BCUT2D eigenvalue weighted by atomic mass is 10.0. The van der Waals surface area contributed by atoms with Crippen molar-refractivity contribution in [2.75, 3.05) is 5.32 Å². The molecule has 0 heterocycles. The third-order valence-corrected chi connectivity index (χ3v) is 2.86. The highest BCUT2D eigenvalue weighted by molar-refractivity contribution is 6.34. The summed E-state index contributed by atoms with van der Waals surface area (Å²) in [4.78, 5) is 33.9. The van der Waals surface area contributed by atoms with Crippen LogP contribution in [-0.4, -0.2) is 28.6 Å². The maximum absolute atomic E-state index is 11.9. The molecule has 7 nitrogen and oxygen atoms in total. The Morgan fingerprint density at radius 2 is 1.95 bits per heavy atom. The Morgan fingerprint density at radius 3 is 2.48 bits per heavy atom. The van der Waals surface area contributed by atoms with E-state index in [1.165, 1.54) is 18.2 Å². The van der Waals surface area contributed by atoms with Crippen molar-refractivity contribution in [3.8, 4) is 0 Å². The van der Waals surface area contributed by atoms with Crippen LogP contribution in [0.15, 0.2) is 18.2 Å². The molecule has 1 rings (SSSR count). The minimum Gasteiger partial charge on any atom is -0.478 e. The lowest BCUT2D eigenvalue weighted by molar-refractivity contribution is -0.119. The van der Waals surface area contributed by atoms with Gasteiger partial charge in [-0.15, -0.1) is 0 Å². The molecule has 0 saturated heterocycles. The topological polar surface area (TPSA) is 122 Å². The molecular weight excluding hydrogens is 298 g/mol. The summed E-state index contributed by atoms with van der Waals surface area (Å²) in [6, 6.07) is 3.67. The van der Waals surface area contributed by atoms with E-state index in [0.717, 1.165) is 0 Å². The number of primary amides is 1. The number of carbonyl (C=O) groups is 3. The van der Waals surface area contributed by atoms with E-state index in [1.807, 2.05) is 0 Å². The molecular formula is C13H16ClN3O4. The minimum absolute atomic E-state index is 0.0108. The number of nitrogens with one attached hydrogen (secondary N) is 2. The van der Waals surface area contributed by atoms with Crippen LogP contribution in [0, 0.1) is 0 Å². The van der Waals surface area contributed by atoms with E-state index in [1.54, 1.807) is 13.8 Å². The summed E-state index contributed by atoms with van der Waals surface area (Å²) in [5, 5.41) is 14.0. The molecule has 0 spiro atoms. The molecule has 1 aromatic rings. The zero-order chi connectivity index (χ0) is 16.2. The molecule has 114 valence electrons. The van der Waals surface area contributed by atoms with E-state index >= 15 is 0 Å². The second-order valence-corrected chi connectivity index (χ2v) is 5.48. The molecule has 1 aromatic carbocycles. The van der Waals surface area contributed by atoms with Crippen molar-refractivity contribution >= 4 is 35.2 Å². The normalized spacial score (nSPS) is 10.8. The van der Waals surface area contributed by atoms with Gasteiger partial charge in [-0.2, -0.15) is 0 Å². The van der Waals surface area contributed by atoms with Crippen molar-refractivity contribution in [3.63, 3.8) is 0 Å². The summed E-state index contributed by atoms with van der Waals surface area (Å²) < 4.78 is 0. The number of halogens is 1. The highest BCUT2D eigenvalue weighted by Gasteiger charge is 2.24. The summed E-state index contributed by atoms with van der Waals surface area (Å²) in [5.41, 5.74) is 4.07. The number of anilines is 1. The minimum atomic E-state index is -1.26. The fraction of sp³-hybridized carbons (Fsp3) is 0.308. The summed E-state index contributed by atoms with van der Waals surface area (Å²) in [5.74, 6) is -1.82. The number of carboxylic acid groups (broad SMARTS) is 1. The highest BCUT2D eigenvalue weighted by Crippen LogP contribution is 2.24. The average molecular weight is 314 g/mol. The van der Waals surface area contributed by atoms with Crippen molar-refractivity contribution < 1.29 is 19.5 Å². The van der Waals surface area contributed by atoms with Crippen molar-refractivity contribution in [2.45, 2.75) is 25.8 Å². The van der Waals surface area contributed by atoms with Gasteiger partial charge in [0.1, 0.15) is 5.56 Å². The van der Waals surface area contributed by atoms with Crippen LogP contribution >= 0.6 is 11.6 Å². The van der Waals surface area contributed by atoms with Gasteiger partial charge in [0.2, 0.25) is 5.91 Å². The summed E-state index contributed by atoms with van der Waals surface area (Å²) >= 11 is 5.80. The van der Waals surface area contributed by atoms with Crippen molar-refractivity contribution in [3.05, 3.63) is 28.8 Å². The van der Waals surface area contributed by atoms with Crippen LogP contribution in [0.4, 0.5) is 10.5 Å². The number of nitrogens with two attached hydrogens (primary N) is 1. The molecule has 0 aliphatic heterocycles. The number of aromatic carboxylic acids is 1. The number of rotatable bonds is 5. The highest BCUT2D eigenvalue weighted by atomic mass is 35.5. The number of urea groups is 1. The first-order valence-corrected chi connectivity index (χ1v) is 6.39. The third-order valence-electron chi connectivity index (χ3n) is 2.54. The molecule has 0 unspecified atom stereocenters. The van der Waals surface area contributed by atoms with E-state index in [4.69, 9.17) is 22.4 Å². The molecule has 0 saturated carbocycles. The average Bonchev–Trinajstić information content (AvgIpc) is 2.24. The number of amides is 3. The second-order valence-electron chi connectivity index (χ2n) is 5.07. The molecule has 0 fully saturated rings.